The molecule has 80 heavy (non-hydrogen) atoms. The van der Waals surface area contributed by atoms with E-state index >= 15 is 8.78 Å². The van der Waals surface area contributed by atoms with Crippen molar-refractivity contribution < 1.29 is 77.6 Å². The van der Waals surface area contributed by atoms with Gasteiger partial charge in [-0.05, 0) is 122 Å². The molecule has 1 saturated heterocycles. The van der Waals surface area contributed by atoms with Crippen molar-refractivity contribution in [2.24, 2.45) is 46.3 Å². The van der Waals surface area contributed by atoms with Gasteiger partial charge >= 0.3 is 17.9 Å². The monoisotopic (exact) mass is 1140 g/mol. The minimum Gasteiger partial charge on any atom is -0.466 e. The van der Waals surface area contributed by atoms with E-state index in [0.717, 1.165) is 63.9 Å². The minimum atomic E-state index is -2.33. The summed E-state index contributed by atoms with van der Waals surface area (Å²) in [6.07, 6.45) is 5.21. The number of aliphatic hydroxyl groups excluding tert-OH is 4. The van der Waals surface area contributed by atoms with Crippen molar-refractivity contribution in [3.63, 3.8) is 0 Å². The number of carbonyl (C=O) groups is 5. The van der Waals surface area contributed by atoms with E-state index < -0.39 is 129 Å². The van der Waals surface area contributed by atoms with Gasteiger partial charge in [0.1, 0.15) is 24.0 Å². The van der Waals surface area contributed by atoms with Crippen molar-refractivity contribution in [2.45, 2.75) is 244 Å². The number of hydrogen-bond acceptors (Lipinski definition) is 16. The number of aliphatic hydroxyl groups is 6. The zero-order valence-electron chi connectivity index (χ0n) is 49.9. The largest absolute Gasteiger partial charge is 0.466 e. The molecule has 1 heterocycles. The first-order valence-electron chi connectivity index (χ1n) is 30.1. The van der Waals surface area contributed by atoms with Crippen LogP contribution in [0.1, 0.15) is 178 Å². The van der Waals surface area contributed by atoms with E-state index in [1.54, 1.807) is 34.6 Å². The van der Waals surface area contributed by atoms with Crippen molar-refractivity contribution in [3.05, 3.63) is 23.8 Å². The highest BCUT2D eigenvalue weighted by Crippen LogP contribution is 2.71. The highest BCUT2D eigenvalue weighted by molar-refractivity contribution is 6.01. The first-order valence-corrected chi connectivity index (χ1v) is 30.1. The van der Waals surface area contributed by atoms with E-state index in [0.29, 0.717) is 45.6 Å². The van der Waals surface area contributed by atoms with Gasteiger partial charge in [-0.25, -0.2) is 13.6 Å². The second kappa shape index (κ2) is 28.0. The van der Waals surface area contributed by atoms with Crippen LogP contribution in [0.25, 0.3) is 0 Å². The van der Waals surface area contributed by atoms with Gasteiger partial charge in [-0.2, -0.15) is 0 Å². The van der Waals surface area contributed by atoms with E-state index in [1.165, 1.54) is 47.0 Å². The minimum absolute atomic E-state index is 0.0132. The summed E-state index contributed by atoms with van der Waals surface area (Å²) in [5, 5.41) is 75.0. The number of allylic oxidation sites excluding steroid dienone is 4. The van der Waals surface area contributed by atoms with Crippen molar-refractivity contribution >= 4 is 29.6 Å². The van der Waals surface area contributed by atoms with Gasteiger partial charge in [-0.1, -0.05) is 85.6 Å². The Morgan fingerprint density at radius 1 is 0.812 bits per heavy atom. The number of ether oxygens (including phenoxy) is 3. The Morgan fingerprint density at radius 3 is 2.06 bits per heavy atom. The molecule has 19 atom stereocenters. The van der Waals surface area contributed by atoms with Gasteiger partial charge in [0.25, 0.3) is 0 Å². The number of halogens is 2. The van der Waals surface area contributed by atoms with Crippen molar-refractivity contribution in [1.82, 2.24) is 15.5 Å². The molecule has 1 aliphatic heterocycles. The topological polar surface area (TPSA) is 262 Å². The number of nitrogens with one attached hydrogen (secondary N) is 2. The third-order valence-electron chi connectivity index (χ3n) is 19.9. The van der Waals surface area contributed by atoms with Gasteiger partial charge in [-0.15, -0.1) is 0 Å². The summed E-state index contributed by atoms with van der Waals surface area (Å²) < 4.78 is 50.8. The Bertz CT molecular complexity index is 2180. The summed E-state index contributed by atoms with van der Waals surface area (Å²) in [5.74, 6) is -7.12. The van der Waals surface area contributed by atoms with Crippen LogP contribution in [0, 0.1) is 46.3 Å². The second-order valence-corrected chi connectivity index (χ2v) is 25.8. The lowest BCUT2D eigenvalue weighted by molar-refractivity contribution is -0.238. The van der Waals surface area contributed by atoms with Crippen molar-refractivity contribution in [2.75, 3.05) is 39.8 Å². The average molecular weight is 1140 g/mol. The first-order chi connectivity index (χ1) is 37.4. The number of methoxy groups -OCH3 is 1. The predicted molar refractivity (Wildman–Crippen MR) is 298 cm³/mol. The number of alkyl halides is 2. The lowest BCUT2D eigenvalue weighted by atomic mass is 9.44. The molecule has 0 bridgehead atoms. The maximum absolute atomic E-state index is 17.7. The summed E-state index contributed by atoms with van der Waals surface area (Å²) in [6, 6.07) is -0.628. The fourth-order valence-electron chi connectivity index (χ4n) is 15.1. The maximum Gasteiger partial charge on any atom is 0.351 e. The molecule has 1 amide bonds. The average Bonchev–Trinajstić information content (AvgIpc) is 3.65. The summed E-state index contributed by atoms with van der Waals surface area (Å²) in [5.41, 5.74) is -10.5. The Balaban J connectivity index is 0.969. The van der Waals surface area contributed by atoms with Crippen LogP contribution in [-0.2, 0) is 38.2 Å². The van der Waals surface area contributed by atoms with Gasteiger partial charge in [0.05, 0.1) is 43.4 Å². The van der Waals surface area contributed by atoms with Crippen LogP contribution in [0.5, 0.6) is 0 Å². The summed E-state index contributed by atoms with van der Waals surface area (Å²) in [7, 11) is 1.21. The summed E-state index contributed by atoms with van der Waals surface area (Å²) in [4.78, 5) is 67.6. The smallest absolute Gasteiger partial charge is 0.351 e. The lowest BCUT2D eigenvalue weighted by Crippen LogP contribution is -2.71. The quantitative estimate of drug-likeness (QED) is 0.0336. The first kappa shape index (κ1) is 67.4. The zero-order chi connectivity index (χ0) is 59.8. The Hall–Kier alpha value is -3.43. The molecule has 4 aliphatic carbocycles. The van der Waals surface area contributed by atoms with Crippen LogP contribution < -0.4 is 10.6 Å². The van der Waals surface area contributed by atoms with Crippen molar-refractivity contribution in [3.8, 4) is 0 Å². The molecule has 2 unspecified atom stereocenters. The third-order valence-corrected chi connectivity index (χ3v) is 19.9. The number of esters is 3. The van der Waals surface area contributed by atoms with E-state index in [-0.39, 0.29) is 55.9 Å². The van der Waals surface area contributed by atoms with Crippen molar-refractivity contribution in [1.29, 1.82) is 0 Å². The summed E-state index contributed by atoms with van der Waals surface area (Å²) in [6.45, 7) is 18.6. The highest BCUT2D eigenvalue weighted by atomic mass is 19.1. The number of hydrogen-bond donors (Lipinski definition) is 8. The molecule has 19 heteroatoms. The van der Waals surface area contributed by atoms with E-state index in [1.807, 2.05) is 11.8 Å². The highest BCUT2D eigenvalue weighted by Gasteiger charge is 2.79. The fourth-order valence-corrected chi connectivity index (χ4v) is 15.1. The van der Waals surface area contributed by atoms with Crippen LogP contribution in [0.15, 0.2) is 23.8 Å². The van der Waals surface area contributed by atoms with Gasteiger partial charge in [0.15, 0.2) is 11.5 Å². The van der Waals surface area contributed by atoms with Gasteiger partial charge in [0, 0.05) is 67.2 Å². The normalized spacial score (nSPS) is 40.8. The predicted octanol–water partition coefficient (Wildman–Crippen LogP) is 6.30. The fraction of sp³-hybridized carbons (Fsp3) is 0.852. The number of ketones is 1. The zero-order valence-corrected chi connectivity index (χ0v) is 49.9. The second-order valence-electron chi connectivity index (χ2n) is 25.8. The number of cyclic esters (lactones) is 1. The molecule has 5 rings (SSSR count). The number of unbranched alkanes of at least 4 members (excludes halogenated alkanes) is 8. The molecule has 0 radical (unpaired) electrons. The maximum atomic E-state index is 17.7. The lowest BCUT2D eigenvalue weighted by Gasteiger charge is -2.63. The van der Waals surface area contributed by atoms with Crippen LogP contribution >= 0.6 is 0 Å². The van der Waals surface area contributed by atoms with Gasteiger partial charge in [0.2, 0.25) is 11.5 Å². The molecule has 458 valence electrons. The number of carbonyl (C=O) groups excluding carboxylic acids is 5. The number of rotatable bonds is 22. The molecule has 0 spiro atoms. The van der Waals surface area contributed by atoms with Crippen LogP contribution in [0.3, 0.4) is 0 Å². The van der Waals surface area contributed by atoms with E-state index in [4.69, 9.17) is 14.2 Å². The molecule has 8 N–H and O–H groups in total. The van der Waals surface area contributed by atoms with Crippen LogP contribution in [-0.4, -0.2) is 170 Å². The number of fused-ring (bicyclic) bond motifs is 5. The van der Waals surface area contributed by atoms with E-state index in [2.05, 4.69) is 10.6 Å². The molecule has 0 aromatic carbocycles. The Morgan fingerprint density at radius 2 is 1.44 bits per heavy atom. The number of amides is 1. The number of nitrogens with zero attached hydrogens (tertiary/aromatic N) is 1. The van der Waals surface area contributed by atoms with E-state index in [9.17, 15) is 54.6 Å². The summed E-state index contributed by atoms with van der Waals surface area (Å²) >= 11 is 0. The molecular formula is C61H101F2N3O14. The molecule has 17 nitrogen and oxygen atoms in total. The third kappa shape index (κ3) is 14.0. The Labute approximate surface area is 474 Å². The molecule has 4 fully saturated rings. The molecule has 0 aromatic heterocycles. The molecular weight excluding hydrogens is 1040 g/mol. The SMILES string of the molecule is CC[C@H]1OC(=O)[C@H](C)[C@@H](O)[C@H](C)[C@@H](O)[C@](C)(O)C[C@@H](C)CN(CCCNC(=O)CCCCCCCCCCCNCCC(=O)O[C@]2(C(=O)OC)[C@H](C)CC3C4C[C@H](F)C5=CC(=O)C=C[C@]5(C)[C@@]4(F)[C@@H](O)C[C@@]32C)[C@H](C)[C@@H](O)[C@]1(C)O. The van der Waals surface area contributed by atoms with Gasteiger partial charge in [-0.3, -0.25) is 24.1 Å². The molecule has 3 saturated carbocycles. The van der Waals surface area contributed by atoms with Crippen LogP contribution in [0.2, 0.25) is 0 Å². The van der Waals surface area contributed by atoms with Gasteiger partial charge < -0.3 is 55.5 Å². The molecule has 5 aliphatic rings. The standard InChI is InChI=1S/C61H101F2N3O14/c1-12-48-59(10,77)53(73)41(6)66(36-37(2)34-58(9,76)52(72)39(4)51(71)40(5)54(74)79-48)30-22-28-65-49(69)23-20-18-16-14-13-15-17-19-21-27-64-29-25-50(70)80-61(55(75)78-11)38(3)31-43-44-33-46(62)45-32-42(67)24-26-56(45,7)60(44,63)47(68)35-57(43,61)8/h24,26,32,37-41,43-44,46-48,51-53,64,68,71-73,76-77H,12-23,25,27-31,33-36H2,1-11H3,(H,65,69)/t37-,38-,39+,40-,41-,43?,44?,46+,47+,48-,51+,52-,53-,56+,57+,58-,59-,60+,61+/m1/s1. The Kier molecular flexibility index (Phi) is 23.6. The molecule has 0 aromatic rings. The van der Waals surface area contributed by atoms with Crippen LogP contribution in [0.4, 0.5) is 8.78 Å².